The highest BCUT2D eigenvalue weighted by Gasteiger charge is 2.12. The van der Waals surface area contributed by atoms with Crippen LogP contribution in [-0.2, 0) is 11.3 Å². The second-order valence-electron chi connectivity index (χ2n) is 3.25. The first-order valence-corrected chi connectivity index (χ1v) is 4.68. The molecule has 0 heterocycles. The smallest absolute Gasteiger partial charge is 0.103 e. The van der Waals surface area contributed by atoms with Crippen LogP contribution >= 0.6 is 0 Å². The fraction of sp³-hybridized carbons (Fsp3) is 0.455. The van der Waals surface area contributed by atoms with Gasteiger partial charge in [-0.15, -0.1) is 0 Å². The van der Waals surface area contributed by atoms with Crippen molar-refractivity contribution in [2.75, 3.05) is 6.61 Å². The summed E-state index contributed by atoms with van der Waals surface area (Å²) in [6, 6.07) is 9.73. The highest BCUT2D eigenvalue weighted by atomic mass is 16.5. The van der Waals surface area contributed by atoms with E-state index in [1.54, 1.807) is 6.92 Å². The first-order chi connectivity index (χ1) is 6.74. The van der Waals surface area contributed by atoms with Gasteiger partial charge in [0.1, 0.15) is 6.10 Å². The Kier molecular flexibility index (Phi) is 4.59. The third-order valence-corrected chi connectivity index (χ3v) is 2.08. The molecule has 3 heteroatoms. The molecule has 1 rings (SSSR count). The molecule has 0 aliphatic rings. The topological polar surface area (TPSA) is 49.7 Å². The summed E-state index contributed by atoms with van der Waals surface area (Å²) in [6.45, 7) is 1.93. The van der Waals surface area contributed by atoms with Crippen LogP contribution in [0.2, 0.25) is 0 Å². The molecule has 1 aromatic rings. The average molecular weight is 196 g/mol. The van der Waals surface area contributed by atoms with Crippen LogP contribution in [0.1, 0.15) is 12.5 Å². The molecule has 2 N–H and O–H groups in total. The standard InChI is InChI=1S/C11H16O3/c1-9(11(13)7-12)14-8-10-5-3-2-4-6-10/h2-6,9,11-13H,7-8H2,1H3/t9-,11?/m1/s1. The van der Waals surface area contributed by atoms with Gasteiger partial charge in [0.05, 0.1) is 19.3 Å². The van der Waals surface area contributed by atoms with Crippen molar-refractivity contribution in [3.63, 3.8) is 0 Å². The Bertz CT molecular complexity index is 248. The summed E-state index contributed by atoms with van der Waals surface area (Å²) >= 11 is 0. The van der Waals surface area contributed by atoms with Crippen molar-refractivity contribution in [1.29, 1.82) is 0 Å². The minimum absolute atomic E-state index is 0.268. The Morgan fingerprint density at radius 3 is 2.50 bits per heavy atom. The third-order valence-electron chi connectivity index (χ3n) is 2.08. The summed E-state index contributed by atoms with van der Waals surface area (Å²) in [5, 5.41) is 17.9. The molecule has 0 aliphatic heterocycles. The third kappa shape index (κ3) is 3.46. The van der Waals surface area contributed by atoms with Crippen molar-refractivity contribution in [1.82, 2.24) is 0 Å². The van der Waals surface area contributed by atoms with E-state index in [0.29, 0.717) is 6.61 Å². The molecular formula is C11H16O3. The Labute approximate surface area is 84.0 Å². The molecule has 0 radical (unpaired) electrons. The first-order valence-electron chi connectivity index (χ1n) is 4.68. The van der Waals surface area contributed by atoms with Crippen LogP contribution in [0.3, 0.4) is 0 Å². The van der Waals surface area contributed by atoms with E-state index in [0.717, 1.165) is 5.56 Å². The summed E-state index contributed by atoms with van der Waals surface area (Å²) in [6.07, 6.45) is -1.15. The monoisotopic (exact) mass is 196 g/mol. The molecule has 0 fully saturated rings. The predicted molar refractivity (Wildman–Crippen MR) is 53.8 cm³/mol. The van der Waals surface area contributed by atoms with E-state index in [9.17, 15) is 5.11 Å². The fourth-order valence-corrected chi connectivity index (χ4v) is 1.06. The largest absolute Gasteiger partial charge is 0.394 e. The Balaban J connectivity index is 2.34. The van der Waals surface area contributed by atoms with Crippen molar-refractivity contribution in [3.05, 3.63) is 35.9 Å². The summed E-state index contributed by atoms with van der Waals surface area (Å²) in [5.74, 6) is 0. The number of aliphatic hydroxyl groups excluding tert-OH is 2. The Morgan fingerprint density at radius 2 is 1.93 bits per heavy atom. The maximum absolute atomic E-state index is 9.23. The van der Waals surface area contributed by atoms with Crippen molar-refractivity contribution in [3.8, 4) is 0 Å². The first kappa shape index (κ1) is 11.2. The van der Waals surface area contributed by atoms with Crippen LogP contribution in [0.15, 0.2) is 30.3 Å². The maximum Gasteiger partial charge on any atom is 0.103 e. The fourth-order valence-electron chi connectivity index (χ4n) is 1.06. The van der Waals surface area contributed by atoms with Gasteiger partial charge in [-0.1, -0.05) is 30.3 Å². The summed E-state index contributed by atoms with van der Waals surface area (Å²) < 4.78 is 5.37. The molecular weight excluding hydrogens is 180 g/mol. The van der Waals surface area contributed by atoms with Gasteiger partial charge in [0, 0.05) is 0 Å². The lowest BCUT2D eigenvalue weighted by atomic mass is 10.2. The van der Waals surface area contributed by atoms with Crippen LogP contribution in [0.5, 0.6) is 0 Å². The molecule has 1 aromatic carbocycles. The minimum Gasteiger partial charge on any atom is -0.394 e. The van der Waals surface area contributed by atoms with Gasteiger partial charge in [0.25, 0.3) is 0 Å². The number of rotatable bonds is 5. The van der Waals surface area contributed by atoms with Gasteiger partial charge in [-0.05, 0) is 12.5 Å². The maximum atomic E-state index is 9.23. The van der Waals surface area contributed by atoms with E-state index in [1.807, 2.05) is 30.3 Å². The minimum atomic E-state index is -0.807. The zero-order valence-corrected chi connectivity index (χ0v) is 8.26. The number of hydrogen-bond acceptors (Lipinski definition) is 3. The highest BCUT2D eigenvalue weighted by molar-refractivity contribution is 5.13. The van der Waals surface area contributed by atoms with Crippen molar-refractivity contribution in [2.45, 2.75) is 25.7 Å². The second kappa shape index (κ2) is 5.75. The van der Waals surface area contributed by atoms with E-state index >= 15 is 0 Å². The summed E-state index contributed by atoms with van der Waals surface area (Å²) in [7, 11) is 0. The Morgan fingerprint density at radius 1 is 1.29 bits per heavy atom. The Hall–Kier alpha value is -0.900. The van der Waals surface area contributed by atoms with E-state index in [2.05, 4.69) is 0 Å². The normalized spacial score (nSPS) is 15.1. The van der Waals surface area contributed by atoms with Crippen molar-refractivity contribution < 1.29 is 14.9 Å². The van der Waals surface area contributed by atoms with Gasteiger partial charge in [-0.25, -0.2) is 0 Å². The van der Waals surface area contributed by atoms with E-state index in [1.165, 1.54) is 0 Å². The molecule has 14 heavy (non-hydrogen) atoms. The van der Waals surface area contributed by atoms with E-state index in [4.69, 9.17) is 9.84 Å². The lowest BCUT2D eigenvalue weighted by molar-refractivity contribution is -0.0551. The van der Waals surface area contributed by atoms with Gasteiger partial charge >= 0.3 is 0 Å². The molecule has 1 unspecified atom stereocenters. The van der Waals surface area contributed by atoms with Gasteiger partial charge in [0.15, 0.2) is 0 Å². The molecule has 3 nitrogen and oxygen atoms in total. The van der Waals surface area contributed by atoms with Crippen LogP contribution in [0.25, 0.3) is 0 Å². The van der Waals surface area contributed by atoms with Gasteiger partial charge < -0.3 is 14.9 Å². The van der Waals surface area contributed by atoms with Gasteiger partial charge in [0.2, 0.25) is 0 Å². The van der Waals surface area contributed by atoms with E-state index in [-0.39, 0.29) is 12.7 Å². The molecule has 0 saturated carbocycles. The van der Waals surface area contributed by atoms with E-state index < -0.39 is 6.10 Å². The second-order valence-corrected chi connectivity index (χ2v) is 3.25. The van der Waals surface area contributed by atoms with Crippen LogP contribution in [-0.4, -0.2) is 29.0 Å². The lowest BCUT2D eigenvalue weighted by Crippen LogP contribution is -2.29. The number of hydrogen-bond donors (Lipinski definition) is 2. The van der Waals surface area contributed by atoms with Crippen molar-refractivity contribution >= 4 is 0 Å². The van der Waals surface area contributed by atoms with Crippen LogP contribution < -0.4 is 0 Å². The molecule has 0 spiro atoms. The molecule has 78 valence electrons. The zero-order valence-electron chi connectivity index (χ0n) is 8.26. The van der Waals surface area contributed by atoms with Gasteiger partial charge in [-0.3, -0.25) is 0 Å². The molecule has 0 aromatic heterocycles. The summed E-state index contributed by atoms with van der Waals surface area (Å²) in [4.78, 5) is 0. The molecule has 0 bridgehead atoms. The highest BCUT2D eigenvalue weighted by Crippen LogP contribution is 2.05. The molecule has 0 amide bonds. The van der Waals surface area contributed by atoms with Crippen LogP contribution in [0.4, 0.5) is 0 Å². The van der Waals surface area contributed by atoms with Gasteiger partial charge in [-0.2, -0.15) is 0 Å². The number of aliphatic hydroxyl groups is 2. The SMILES string of the molecule is C[C@@H](OCc1ccccc1)C(O)CO. The van der Waals surface area contributed by atoms with Crippen molar-refractivity contribution in [2.24, 2.45) is 0 Å². The molecule has 0 saturated heterocycles. The quantitative estimate of drug-likeness (QED) is 0.737. The molecule has 2 atom stereocenters. The molecule has 0 aliphatic carbocycles. The zero-order chi connectivity index (χ0) is 10.4. The lowest BCUT2D eigenvalue weighted by Gasteiger charge is -2.17. The summed E-state index contributed by atoms with van der Waals surface area (Å²) in [5.41, 5.74) is 1.06. The number of benzene rings is 1. The number of ether oxygens (including phenoxy) is 1. The average Bonchev–Trinajstić information content (AvgIpc) is 2.26. The van der Waals surface area contributed by atoms with Crippen LogP contribution in [0, 0.1) is 0 Å². The predicted octanol–water partition coefficient (Wildman–Crippen LogP) is 0.945.